The molecule has 19 heavy (non-hydrogen) atoms. The molecule has 1 aliphatic heterocycles. The first-order valence-electron chi connectivity index (χ1n) is 6.80. The van der Waals surface area contributed by atoms with E-state index in [1.165, 1.54) is 24.2 Å². The molecule has 0 bridgehead atoms. The third-order valence-corrected chi connectivity index (χ3v) is 3.84. The van der Waals surface area contributed by atoms with E-state index in [1.807, 2.05) is 12.3 Å². The number of rotatable bonds is 3. The molecule has 1 saturated heterocycles. The summed E-state index contributed by atoms with van der Waals surface area (Å²) in [5, 5.41) is 0. The lowest BCUT2D eigenvalue weighted by Gasteiger charge is -2.32. The van der Waals surface area contributed by atoms with Gasteiger partial charge < -0.3 is 4.98 Å². The van der Waals surface area contributed by atoms with Crippen LogP contribution in [0.5, 0.6) is 0 Å². The molecule has 2 aromatic rings. The van der Waals surface area contributed by atoms with E-state index in [0.717, 1.165) is 25.3 Å². The van der Waals surface area contributed by atoms with Crippen LogP contribution >= 0.6 is 0 Å². The highest BCUT2D eigenvalue weighted by atomic mass is 15.1. The second-order valence-corrected chi connectivity index (χ2v) is 5.18. The summed E-state index contributed by atoms with van der Waals surface area (Å²) in [5.74, 6) is 0.524. The minimum Gasteiger partial charge on any atom is -0.348 e. The fourth-order valence-electron chi connectivity index (χ4n) is 2.74. The van der Waals surface area contributed by atoms with Gasteiger partial charge >= 0.3 is 0 Å². The van der Waals surface area contributed by atoms with E-state index in [0.29, 0.717) is 5.92 Å². The largest absolute Gasteiger partial charge is 0.348 e. The minimum atomic E-state index is 0.524. The van der Waals surface area contributed by atoms with Gasteiger partial charge in [-0.25, -0.2) is 15.0 Å². The van der Waals surface area contributed by atoms with Crippen molar-refractivity contribution in [2.45, 2.75) is 32.2 Å². The van der Waals surface area contributed by atoms with Crippen molar-refractivity contribution in [2.75, 3.05) is 13.1 Å². The number of hydrogen-bond donors (Lipinski definition) is 1. The summed E-state index contributed by atoms with van der Waals surface area (Å²) in [4.78, 5) is 18.4. The SMILES string of the molecule is Cc1[nH]cnc1CN1CCC[C@@H](c2ccncn2)C1. The van der Waals surface area contributed by atoms with E-state index >= 15 is 0 Å². The van der Waals surface area contributed by atoms with Gasteiger partial charge in [-0.1, -0.05) is 0 Å². The molecule has 0 aromatic carbocycles. The fraction of sp³-hybridized carbons (Fsp3) is 0.500. The van der Waals surface area contributed by atoms with E-state index in [-0.39, 0.29) is 0 Å². The Hall–Kier alpha value is -1.75. The lowest BCUT2D eigenvalue weighted by Crippen LogP contribution is -2.34. The molecule has 5 heteroatoms. The lowest BCUT2D eigenvalue weighted by molar-refractivity contribution is 0.196. The number of imidazole rings is 1. The van der Waals surface area contributed by atoms with Crippen LogP contribution in [0.1, 0.15) is 35.8 Å². The van der Waals surface area contributed by atoms with Gasteiger partial charge in [-0.3, -0.25) is 4.90 Å². The second-order valence-electron chi connectivity index (χ2n) is 5.18. The van der Waals surface area contributed by atoms with Crippen LogP contribution in [0.2, 0.25) is 0 Å². The maximum absolute atomic E-state index is 4.39. The quantitative estimate of drug-likeness (QED) is 0.912. The average Bonchev–Trinajstić information content (AvgIpc) is 2.86. The third-order valence-electron chi connectivity index (χ3n) is 3.84. The first-order valence-corrected chi connectivity index (χ1v) is 6.80. The maximum atomic E-state index is 4.39. The maximum Gasteiger partial charge on any atom is 0.115 e. The Morgan fingerprint density at radius 1 is 1.42 bits per heavy atom. The van der Waals surface area contributed by atoms with Crippen molar-refractivity contribution in [2.24, 2.45) is 0 Å². The summed E-state index contributed by atoms with van der Waals surface area (Å²) in [7, 11) is 0. The highest BCUT2D eigenvalue weighted by molar-refractivity contribution is 5.11. The van der Waals surface area contributed by atoms with Gasteiger partial charge in [0.25, 0.3) is 0 Å². The normalized spacial score (nSPS) is 20.6. The molecule has 0 radical (unpaired) electrons. The van der Waals surface area contributed by atoms with Gasteiger partial charge in [0.15, 0.2) is 0 Å². The zero-order valence-corrected chi connectivity index (χ0v) is 11.2. The lowest BCUT2D eigenvalue weighted by atomic mass is 9.94. The van der Waals surface area contributed by atoms with Crippen molar-refractivity contribution in [3.8, 4) is 0 Å². The summed E-state index contributed by atoms with van der Waals surface area (Å²) < 4.78 is 0. The molecular weight excluding hydrogens is 238 g/mol. The molecule has 0 spiro atoms. The van der Waals surface area contributed by atoms with Crippen LogP contribution in [0, 0.1) is 6.92 Å². The highest BCUT2D eigenvalue weighted by Crippen LogP contribution is 2.26. The Kier molecular flexibility index (Phi) is 3.55. The summed E-state index contributed by atoms with van der Waals surface area (Å²) in [6.45, 7) is 5.21. The van der Waals surface area contributed by atoms with E-state index in [1.54, 1.807) is 12.7 Å². The number of likely N-dealkylation sites (tertiary alicyclic amines) is 1. The van der Waals surface area contributed by atoms with Crippen molar-refractivity contribution in [1.82, 2.24) is 24.8 Å². The van der Waals surface area contributed by atoms with Gasteiger partial charge in [-0.05, 0) is 32.4 Å². The molecule has 5 nitrogen and oxygen atoms in total. The number of hydrogen-bond acceptors (Lipinski definition) is 4. The second kappa shape index (κ2) is 5.48. The Labute approximate surface area is 113 Å². The first-order chi connectivity index (χ1) is 9.33. The van der Waals surface area contributed by atoms with Gasteiger partial charge in [-0.15, -0.1) is 0 Å². The van der Waals surface area contributed by atoms with Crippen molar-refractivity contribution in [1.29, 1.82) is 0 Å². The monoisotopic (exact) mass is 257 g/mol. The number of aromatic nitrogens is 4. The molecule has 3 heterocycles. The van der Waals surface area contributed by atoms with Crippen LogP contribution in [0.3, 0.4) is 0 Å². The van der Waals surface area contributed by atoms with Crippen LogP contribution in [0.15, 0.2) is 24.9 Å². The number of nitrogens with one attached hydrogen (secondary N) is 1. The van der Waals surface area contributed by atoms with Gasteiger partial charge in [0.1, 0.15) is 6.33 Å². The zero-order chi connectivity index (χ0) is 13.1. The van der Waals surface area contributed by atoms with Gasteiger partial charge in [-0.2, -0.15) is 0 Å². The van der Waals surface area contributed by atoms with Gasteiger partial charge in [0.2, 0.25) is 0 Å². The molecule has 1 N–H and O–H groups in total. The first kappa shape index (κ1) is 12.3. The number of aryl methyl sites for hydroxylation is 1. The van der Waals surface area contributed by atoms with Crippen molar-refractivity contribution < 1.29 is 0 Å². The zero-order valence-electron chi connectivity index (χ0n) is 11.2. The van der Waals surface area contributed by atoms with Crippen molar-refractivity contribution in [3.05, 3.63) is 42.0 Å². The molecule has 0 saturated carbocycles. The van der Waals surface area contributed by atoms with Gasteiger partial charge in [0, 0.05) is 36.6 Å². The molecular formula is C14H19N5. The number of piperidine rings is 1. The number of H-pyrrole nitrogens is 1. The van der Waals surface area contributed by atoms with Crippen LogP contribution in [-0.4, -0.2) is 37.9 Å². The Balaban J connectivity index is 1.67. The molecule has 0 unspecified atom stereocenters. The molecule has 1 aliphatic rings. The van der Waals surface area contributed by atoms with E-state index in [2.05, 4.69) is 31.8 Å². The number of nitrogens with zero attached hydrogens (tertiary/aromatic N) is 4. The molecule has 100 valence electrons. The molecule has 0 amide bonds. The minimum absolute atomic E-state index is 0.524. The fourth-order valence-corrected chi connectivity index (χ4v) is 2.74. The Morgan fingerprint density at radius 3 is 3.11 bits per heavy atom. The molecule has 1 fully saturated rings. The predicted octanol–water partition coefficient (Wildman–Crippen LogP) is 1.89. The average molecular weight is 257 g/mol. The van der Waals surface area contributed by atoms with Crippen LogP contribution < -0.4 is 0 Å². The van der Waals surface area contributed by atoms with E-state index in [4.69, 9.17) is 0 Å². The predicted molar refractivity (Wildman–Crippen MR) is 72.6 cm³/mol. The standard InChI is InChI=1S/C14H19N5/c1-11-14(18-10-16-11)8-19-6-2-3-12(7-19)13-4-5-15-9-17-13/h4-5,9-10,12H,2-3,6-8H2,1H3,(H,16,18)/t12-/m1/s1. The van der Waals surface area contributed by atoms with Gasteiger partial charge in [0.05, 0.1) is 12.0 Å². The number of aromatic amines is 1. The Bertz CT molecular complexity index is 522. The Morgan fingerprint density at radius 2 is 2.37 bits per heavy atom. The van der Waals surface area contributed by atoms with Crippen molar-refractivity contribution in [3.63, 3.8) is 0 Å². The summed E-state index contributed by atoms with van der Waals surface area (Å²) in [5.41, 5.74) is 3.49. The summed E-state index contributed by atoms with van der Waals surface area (Å²) >= 11 is 0. The van der Waals surface area contributed by atoms with Crippen LogP contribution in [-0.2, 0) is 6.54 Å². The molecule has 2 aromatic heterocycles. The van der Waals surface area contributed by atoms with Crippen LogP contribution in [0.25, 0.3) is 0 Å². The topological polar surface area (TPSA) is 57.7 Å². The van der Waals surface area contributed by atoms with Crippen molar-refractivity contribution >= 4 is 0 Å². The molecule has 0 aliphatic carbocycles. The summed E-state index contributed by atoms with van der Waals surface area (Å²) in [6.07, 6.45) is 7.69. The third kappa shape index (κ3) is 2.81. The van der Waals surface area contributed by atoms with E-state index < -0.39 is 0 Å². The van der Waals surface area contributed by atoms with Crippen LogP contribution in [0.4, 0.5) is 0 Å². The molecule has 1 atom stereocenters. The summed E-state index contributed by atoms with van der Waals surface area (Å²) in [6, 6.07) is 2.04. The molecule has 3 rings (SSSR count). The highest BCUT2D eigenvalue weighted by Gasteiger charge is 2.22. The van der Waals surface area contributed by atoms with E-state index in [9.17, 15) is 0 Å². The smallest absolute Gasteiger partial charge is 0.115 e.